The van der Waals surface area contributed by atoms with Gasteiger partial charge in [0.2, 0.25) is 0 Å². The standard InChI is InChI=1S/C13H8F2N2S/c14-8-1-4-10(5-2-8)16-13-17-11-7-9(15)3-6-12(11)18-13/h1-7H,(H,16,17). The summed E-state index contributed by atoms with van der Waals surface area (Å²) >= 11 is 1.42. The van der Waals surface area contributed by atoms with E-state index in [1.54, 1.807) is 18.2 Å². The van der Waals surface area contributed by atoms with Crippen molar-refractivity contribution in [2.75, 3.05) is 5.32 Å². The number of nitrogens with zero attached hydrogens (tertiary/aromatic N) is 1. The van der Waals surface area contributed by atoms with Crippen LogP contribution >= 0.6 is 11.3 Å². The number of halogens is 2. The number of benzene rings is 2. The van der Waals surface area contributed by atoms with Crippen molar-refractivity contribution in [3.63, 3.8) is 0 Å². The van der Waals surface area contributed by atoms with Crippen LogP contribution in [0.15, 0.2) is 42.5 Å². The zero-order valence-corrected chi connectivity index (χ0v) is 9.97. The highest BCUT2D eigenvalue weighted by atomic mass is 32.1. The molecule has 1 aromatic heterocycles. The second-order valence-electron chi connectivity index (χ2n) is 3.76. The Kier molecular flexibility index (Phi) is 2.68. The zero-order chi connectivity index (χ0) is 12.5. The van der Waals surface area contributed by atoms with E-state index in [1.807, 2.05) is 0 Å². The predicted octanol–water partition coefficient (Wildman–Crippen LogP) is 4.32. The van der Waals surface area contributed by atoms with Crippen LogP contribution in [0.3, 0.4) is 0 Å². The lowest BCUT2D eigenvalue weighted by atomic mass is 10.3. The average molecular weight is 262 g/mol. The molecule has 0 spiro atoms. The van der Waals surface area contributed by atoms with Gasteiger partial charge in [-0.3, -0.25) is 0 Å². The van der Waals surface area contributed by atoms with Crippen LogP contribution in [0.4, 0.5) is 19.6 Å². The first-order valence-electron chi connectivity index (χ1n) is 5.29. The van der Waals surface area contributed by atoms with E-state index in [2.05, 4.69) is 10.3 Å². The minimum atomic E-state index is -0.305. The minimum absolute atomic E-state index is 0.285. The highest BCUT2D eigenvalue weighted by Gasteiger charge is 2.05. The quantitative estimate of drug-likeness (QED) is 0.744. The molecule has 90 valence electrons. The molecule has 0 saturated carbocycles. The Hall–Kier alpha value is -2.01. The Morgan fingerprint density at radius 2 is 1.67 bits per heavy atom. The van der Waals surface area contributed by atoms with E-state index in [0.29, 0.717) is 10.6 Å². The van der Waals surface area contributed by atoms with Crippen LogP contribution in [0.1, 0.15) is 0 Å². The van der Waals surface area contributed by atoms with Crippen LogP contribution in [0.5, 0.6) is 0 Å². The summed E-state index contributed by atoms with van der Waals surface area (Å²) in [5.74, 6) is -0.590. The van der Waals surface area contributed by atoms with Gasteiger partial charge in [0, 0.05) is 11.8 Å². The SMILES string of the molecule is Fc1ccc(Nc2nc3cc(F)ccc3s2)cc1. The van der Waals surface area contributed by atoms with Crippen molar-refractivity contribution in [2.24, 2.45) is 0 Å². The first kappa shape index (κ1) is 11.1. The minimum Gasteiger partial charge on any atom is -0.332 e. The molecular formula is C13H8F2N2S. The lowest BCUT2D eigenvalue weighted by Gasteiger charge is -2.00. The number of fused-ring (bicyclic) bond motifs is 1. The van der Waals surface area contributed by atoms with Crippen molar-refractivity contribution in [2.45, 2.75) is 0 Å². The van der Waals surface area contributed by atoms with Crippen LogP contribution < -0.4 is 5.32 Å². The van der Waals surface area contributed by atoms with Crippen molar-refractivity contribution < 1.29 is 8.78 Å². The van der Waals surface area contributed by atoms with Crippen molar-refractivity contribution >= 4 is 32.4 Å². The Morgan fingerprint density at radius 3 is 2.44 bits per heavy atom. The number of thiazole rings is 1. The van der Waals surface area contributed by atoms with Gasteiger partial charge in [-0.05, 0) is 36.4 Å². The van der Waals surface area contributed by atoms with Gasteiger partial charge < -0.3 is 5.32 Å². The number of hydrogen-bond donors (Lipinski definition) is 1. The van der Waals surface area contributed by atoms with Gasteiger partial charge in [0.1, 0.15) is 11.6 Å². The molecule has 0 aliphatic heterocycles. The monoisotopic (exact) mass is 262 g/mol. The second kappa shape index (κ2) is 4.34. The Morgan fingerprint density at radius 1 is 0.944 bits per heavy atom. The molecule has 0 aliphatic carbocycles. The normalized spacial score (nSPS) is 10.8. The molecular weight excluding hydrogens is 254 g/mol. The summed E-state index contributed by atoms with van der Waals surface area (Å²) in [7, 11) is 0. The van der Waals surface area contributed by atoms with E-state index in [9.17, 15) is 8.78 Å². The molecule has 0 unspecified atom stereocenters. The molecule has 0 atom stereocenters. The second-order valence-corrected chi connectivity index (χ2v) is 4.79. The molecule has 18 heavy (non-hydrogen) atoms. The average Bonchev–Trinajstić information content (AvgIpc) is 2.73. The fourth-order valence-electron chi connectivity index (χ4n) is 1.61. The highest BCUT2D eigenvalue weighted by molar-refractivity contribution is 7.22. The first-order valence-corrected chi connectivity index (χ1v) is 6.11. The van der Waals surface area contributed by atoms with Gasteiger partial charge in [-0.15, -0.1) is 0 Å². The van der Waals surface area contributed by atoms with Crippen LogP contribution in [-0.2, 0) is 0 Å². The fourth-order valence-corrected chi connectivity index (χ4v) is 2.48. The summed E-state index contributed by atoms with van der Waals surface area (Å²) in [4.78, 5) is 4.26. The maximum Gasteiger partial charge on any atom is 0.188 e. The molecule has 0 aliphatic rings. The van der Waals surface area contributed by atoms with Gasteiger partial charge in [0.25, 0.3) is 0 Å². The lowest BCUT2D eigenvalue weighted by molar-refractivity contribution is 0.628. The van der Waals surface area contributed by atoms with Crippen molar-refractivity contribution in [3.05, 3.63) is 54.1 Å². The Balaban J connectivity index is 1.92. The van der Waals surface area contributed by atoms with Crippen molar-refractivity contribution in [1.29, 1.82) is 0 Å². The van der Waals surface area contributed by atoms with Crippen molar-refractivity contribution in [3.8, 4) is 0 Å². The van der Waals surface area contributed by atoms with E-state index in [1.165, 1.54) is 35.6 Å². The molecule has 0 radical (unpaired) electrons. The Bertz CT molecular complexity index is 692. The number of rotatable bonds is 2. The van der Waals surface area contributed by atoms with E-state index >= 15 is 0 Å². The molecule has 0 fully saturated rings. The van der Waals surface area contributed by atoms with Gasteiger partial charge in [-0.1, -0.05) is 11.3 Å². The molecule has 0 bridgehead atoms. The number of hydrogen-bond acceptors (Lipinski definition) is 3. The third kappa shape index (κ3) is 2.17. The molecule has 1 N–H and O–H groups in total. The third-order valence-electron chi connectivity index (χ3n) is 2.45. The maximum atomic E-state index is 13.0. The van der Waals surface area contributed by atoms with Gasteiger partial charge >= 0.3 is 0 Å². The van der Waals surface area contributed by atoms with E-state index in [4.69, 9.17) is 0 Å². The number of nitrogens with one attached hydrogen (secondary N) is 1. The summed E-state index contributed by atoms with van der Waals surface area (Å²) in [6, 6.07) is 10.5. The van der Waals surface area contributed by atoms with E-state index < -0.39 is 0 Å². The first-order chi connectivity index (χ1) is 8.70. The van der Waals surface area contributed by atoms with Crippen LogP contribution in [0.2, 0.25) is 0 Å². The van der Waals surface area contributed by atoms with Crippen LogP contribution in [0.25, 0.3) is 10.2 Å². The van der Waals surface area contributed by atoms with E-state index in [0.717, 1.165) is 10.4 Å². The van der Waals surface area contributed by atoms with Gasteiger partial charge in [0.15, 0.2) is 5.13 Å². The fraction of sp³-hybridized carbons (Fsp3) is 0. The largest absolute Gasteiger partial charge is 0.332 e. The highest BCUT2D eigenvalue weighted by Crippen LogP contribution is 2.28. The zero-order valence-electron chi connectivity index (χ0n) is 9.15. The Labute approximate surface area is 106 Å². The lowest BCUT2D eigenvalue weighted by Crippen LogP contribution is -1.88. The van der Waals surface area contributed by atoms with Gasteiger partial charge in [-0.2, -0.15) is 0 Å². The molecule has 1 heterocycles. The summed E-state index contributed by atoms with van der Waals surface area (Å²) in [5.41, 5.74) is 1.36. The number of aromatic nitrogens is 1. The van der Waals surface area contributed by atoms with Gasteiger partial charge in [-0.25, -0.2) is 13.8 Å². The van der Waals surface area contributed by atoms with Crippen molar-refractivity contribution in [1.82, 2.24) is 4.98 Å². The molecule has 2 nitrogen and oxygen atoms in total. The van der Waals surface area contributed by atoms with Crippen LogP contribution in [0, 0.1) is 11.6 Å². The summed E-state index contributed by atoms with van der Waals surface area (Å²) < 4.78 is 26.7. The molecule has 3 rings (SSSR count). The molecule has 3 aromatic rings. The molecule has 2 aromatic carbocycles. The molecule has 0 amide bonds. The number of anilines is 2. The predicted molar refractivity (Wildman–Crippen MR) is 69.3 cm³/mol. The molecule has 5 heteroatoms. The van der Waals surface area contributed by atoms with E-state index in [-0.39, 0.29) is 11.6 Å². The summed E-state index contributed by atoms with van der Waals surface area (Å²) in [6.07, 6.45) is 0. The van der Waals surface area contributed by atoms with Gasteiger partial charge in [0.05, 0.1) is 10.2 Å². The maximum absolute atomic E-state index is 13.0. The topological polar surface area (TPSA) is 24.9 Å². The summed E-state index contributed by atoms with van der Waals surface area (Å²) in [6.45, 7) is 0. The van der Waals surface area contributed by atoms with Crippen LogP contribution in [-0.4, -0.2) is 4.98 Å². The third-order valence-corrected chi connectivity index (χ3v) is 3.40. The summed E-state index contributed by atoms with van der Waals surface area (Å²) in [5, 5.41) is 3.71. The molecule has 0 saturated heterocycles. The smallest absolute Gasteiger partial charge is 0.188 e.